The number of carbonyl (C=O) groups is 3. The molecule has 1 aromatic heterocycles. The van der Waals surface area contributed by atoms with Crippen LogP contribution in [-0.2, 0) is 0 Å². The summed E-state index contributed by atoms with van der Waals surface area (Å²) < 4.78 is 0.858. The van der Waals surface area contributed by atoms with Crippen LogP contribution in [0.4, 0.5) is 5.82 Å². The van der Waals surface area contributed by atoms with Gasteiger partial charge in [0, 0.05) is 6.07 Å². The first kappa shape index (κ1) is 15.9. The Morgan fingerprint density at radius 3 is 2.52 bits per heavy atom. The lowest BCUT2D eigenvalue weighted by atomic mass is 10.0. The Morgan fingerprint density at radius 2 is 1.92 bits per heavy atom. The number of nitrogens with two attached hydrogens (primary N) is 1. The van der Waals surface area contributed by atoms with Gasteiger partial charge in [0.25, 0.3) is 17.4 Å². The molecule has 1 aliphatic rings. The van der Waals surface area contributed by atoms with E-state index < -0.39 is 23.3 Å². The van der Waals surface area contributed by atoms with E-state index in [1.807, 2.05) is 11.4 Å². The predicted molar refractivity (Wildman–Crippen MR) is 84.7 cm³/mol. The number of pyridine rings is 1. The highest BCUT2D eigenvalue weighted by atomic mass is 16.4. The molecule has 0 bridgehead atoms. The Balaban J connectivity index is 2.44. The lowest BCUT2D eigenvalue weighted by Crippen LogP contribution is -2.26. The van der Waals surface area contributed by atoms with Crippen LogP contribution in [0.3, 0.4) is 0 Å². The van der Waals surface area contributed by atoms with Crippen molar-refractivity contribution >= 4 is 23.6 Å². The van der Waals surface area contributed by atoms with Gasteiger partial charge < -0.3 is 10.8 Å². The van der Waals surface area contributed by atoms with Crippen LogP contribution < -0.4 is 16.6 Å². The predicted octanol–water partition coefficient (Wildman–Crippen LogP) is 0.182. The molecule has 3 rings (SSSR count). The maximum atomic E-state index is 12.5. The monoisotopic (exact) mass is 338 g/mol. The molecule has 25 heavy (non-hydrogen) atoms. The molecular formula is C16H10N4O5. The van der Waals surface area contributed by atoms with Crippen molar-refractivity contribution in [2.75, 3.05) is 5.73 Å². The van der Waals surface area contributed by atoms with Crippen LogP contribution in [0, 0.1) is 18.3 Å². The Kier molecular flexibility index (Phi) is 3.39. The van der Waals surface area contributed by atoms with Crippen LogP contribution in [0.2, 0.25) is 0 Å². The largest absolute Gasteiger partial charge is 0.478 e. The smallest absolute Gasteiger partial charge is 0.337 e. The molecule has 2 amide bonds. The fourth-order valence-electron chi connectivity index (χ4n) is 2.81. The molecule has 2 aromatic rings. The highest BCUT2D eigenvalue weighted by molar-refractivity contribution is 6.23. The van der Waals surface area contributed by atoms with Gasteiger partial charge in [0.2, 0.25) is 0 Å². The topological polar surface area (TPSA) is 155 Å². The zero-order valence-electron chi connectivity index (χ0n) is 12.8. The van der Waals surface area contributed by atoms with Crippen molar-refractivity contribution < 1.29 is 19.5 Å². The maximum absolute atomic E-state index is 12.5. The number of anilines is 1. The first-order chi connectivity index (χ1) is 11.8. The highest BCUT2D eigenvalue weighted by Gasteiger charge is 2.32. The van der Waals surface area contributed by atoms with E-state index >= 15 is 0 Å². The van der Waals surface area contributed by atoms with E-state index in [4.69, 9.17) is 11.0 Å². The highest BCUT2D eigenvalue weighted by Crippen LogP contribution is 2.27. The van der Waals surface area contributed by atoms with Crippen molar-refractivity contribution in [2.24, 2.45) is 0 Å². The number of carboxylic acid groups (broad SMARTS) is 1. The number of nitrogens with zero attached hydrogens (tertiary/aromatic N) is 2. The van der Waals surface area contributed by atoms with Crippen LogP contribution in [0.25, 0.3) is 5.69 Å². The average Bonchev–Trinajstić information content (AvgIpc) is 2.82. The number of rotatable bonds is 2. The molecule has 4 N–H and O–H groups in total. The Hall–Kier alpha value is -3.93. The van der Waals surface area contributed by atoms with E-state index in [0.29, 0.717) is 5.56 Å². The van der Waals surface area contributed by atoms with Crippen molar-refractivity contribution in [3.05, 3.63) is 56.4 Å². The minimum absolute atomic E-state index is 0.0658. The molecular weight excluding hydrogens is 328 g/mol. The van der Waals surface area contributed by atoms with Crippen LogP contribution in [0.15, 0.2) is 23.0 Å². The van der Waals surface area contributed by atoms with Gasteiger partial charge in [-0.05, 0) is 24.6 Å². The SMILES string of the molecule is Cc1cc(C#N)cc(C(=O)O)c1-n1c(N)c2c(cc1=O)C(=O)NC2=O. The Bertz CT molecular complexity index is 1090. The lowest BCUT2D eigenvalue weighted by molar-refractivity contribution is 0.0696. The zero-order chi connectivity index (χ0) is 18.5. The van der Waals surface area contributed by atoms with Gasteiger partial charge in [-0.1, -0.05) is 0 Å². The van der Waals surface area contributed by atoms with Crippen molar-refractivity contribution in [1.29, 1.82) is 5.26 Å². The summed E-state index contributed by atoms with van der Waals surface area (Å²) in [5.41, 5.74) is 4.81. The maximum Gasteiger partial charge on any atom is 0.337 e. The zero-order valence-corrected chi connectivity index (χ0v) is 12.8. The molecule has 9 nitrogen and oxygen atoms in total. The number of carbonyl (C=O) groups excluding carboxylic acids is 2. The summed E-state index contributed by atoms with van der Waals surface area (Å²) in [6.45, 7) is 1.51. The van der Waals surface area contributed by atoms with E-state index in [1.54, 1.807) is 0 Å². The molecule has 0 saturated carbocycles. The van der Waals surface area contributed by atoms with E-state index in [9.17, 15) is 24.3 Å². The normalized spacial score (nSPS) is 12.5. The third-order valence-corrected chi connectivity index (χ3v) is 3.84. The molecule has 0 spiro atoms. The number of nitriles is 1. The van der Waals surface area contributed by atoms with Crippen molar-refractivity contribution in [1.82, 2.24) is 9.88 Å². The average molecular weight is 338 g/mol. The molecule has 0 radical (unpaired) electrons. The number of carboxylic acids is 1. The first-order valence-electron chi connectivity index (χ1n) is 6.96. The Morgan fingerprint density at radius 1 is 1.24 bits per heavy atom. The summed E-state index contributed by atoms with van der Waals surface area (Å²) in [5, 5.41) is 20.5. The first-order valence-corrected chi connectivity index (χ1v) is 6.96. The number of aromatic carboxylic acids is 1. The van der Waals surface area contributed by atoms with Crippen molar-refractivity contribution in [3.63, 3.8) is 0 Å². The summed E-state index contributed by atoms with van der Waals surface area (Å²) in [6.07, 6.45) is 0. The van der Waals surface area contributed by atoms with Crippen LogP contribution >= 0.6 is 0 Å². The number of aromatic nitrogens is 1. The minimum atomic E-state index is -1.37. The molecule has 0 atom stereocenters. The number of aryl methyl sites for hydroxylation is 1. The van der Waals surface area contributed by atoms with Gasteiger partial charge in [-0.15, -0.1) is 0 Å². The summed E-state index contributed by atoms with van der Waals surface area (Å²) in [6, 6.07) is 5.26. The number of fused-ring (bicyclic) bond motifs is 1. The summed E-state index contributed by atoms with van der Waals surface area (Å²) >= 11 is 0. The van der Waals surface area contributed by atoms with Gasteiger partial charge in [-0.25, -0.2) is 4.79 Å². The quantitative estimate of drug-likeness (QED) is 0.659. The third-order valence-electron chi connectivity index (χ3n) is 3.84. The van der Waals surface area contributed by atoms with Gasteiger partial charge in [0.15, 0.2) is 0 Å². The van der Waals surface area contributed by atoms with Gasteiger partial charge in [0.05, 0.1) is 34.0 Å². The number of hydrogen-bond donors (Lipinski definition) is 3. The summed E-state index contributed by atoms with van der Waals surface area (Å²) in [7, 11) is 0. The fourth-order valence-corrected chi connectivity index (χ4v) is 2.81. The number of imide groups is 1. The van der Waals surface area contributed by atoms with Gasteiger partial charge >= 0.3 is 5.97 Å². The third kappa shape index (κ3) is 2.24. The van der Waals surface area contributed by atoms with Crippen LogP contribution in [-0.4, -0.2) is 27.5 Å². The summed E-state index contributed by atoms with van der Waals surface area (Å²) in [5.74, 6) is -3.23. The lowest BCUT2D eigenvalue weighted by Gasteiger charge is -2.16. The summed E-state index contributed by atoms with van der Waals surface area (Å²) in [4.78, 5) is 47.7. The second-order valence-corrected chi connectivity index (χ2v) is 5.38. The molecule has 0 fully saturated rings. The minimum Gasteiger partial charge on any atom is -0.478 e. The molecule has 0 saturated heterocycles. The molecule has 0 unspecified atom stereocenters. The molecule has 9 heteroatoms. The van der Waals surface area contributed by atoms with Crippen LogP contribution in [0.5, 0.6) is 0 Å². The molecule has 124 valence electrons. The van der Waals surface area contributed by atoms with Crippen LogP contribution in [0.1, 0.15) is 42.2 Å². The molecule has 1 aliphatic heterocycles. The van der Waals surface area contributed by atoms with Crippen molar-refractivity contribution in [2.45, 2.75) is 6.92 Å². The number of amides is 2. The van der Waals surface area contributed by atoms with Gasteiger partial charge in [0.1, 0.15) is 5.82 Å². The molecule has 2 heterocycles. The van der Waals surface area contributed by atoms with Crippen molar-refractivity contribution in [3.8, 4) is 11.8 Å². The molecule has 0 aliphatic carbocycles. The Labute approximate surface area is 139 Å². The van der Waals surface area contributed by atoms with E-state index in [0.717, 1.165) is 16.7 Å². The van der Waals surface area contributed by atoms with E-state index in [-0.39, 0.29) is 33.8 Å². The second-order valence-electron chi connectivity index (χ2n) is 5.38. The van der Waals surface area contributed by atoms with E-state index in [1.165, 1.54) is 13.0 Å². The standard InChI is InChI=1S/C16H10N4O5/c1-6-2-7(5-17)3-9(16(24)25)12(6)20-10(21)4-8-11(13(20)18)15(23)19-14(8)22/h2-4H,18H2,1H3,(H,24,25)(H,19,22,23). The number of nitrogen functional groups attached to an aromatic ring is 1. The number of benzene rings is 1. The number of nitrogens with one attached hydrogen (secondary N) is 1. The van der Waals surface area contributed by atoms with Gasteiger partial charge in [-0.2, -0.15) is 5.26 Å². The van der Waals surface area contributed by atoms with E-state index in [2.05, 4.69) is 0 Å². The second kappa shape index (κ2) is 5.31. The fraction of sp³-hybridized carbons (Fsp3) is 0.0625. The molecule has 1 aromatic carbocycles. The number of hydrogen-bond acceptors (Lipinski definition) is 6. The van der Waals surface area contributed by atoms with Gasteiger partial charge in [-0.3, -0.25) is 24.3 Å².